The number of aromatic nitrogens is 2. The molecule has 0 fully saturated rings. The van der Waals surface area contributed by atoms with Gasteiger partial charge >= 0.3 is 5.91 Å². The van der Waals surface area contributed by atoms with E-state index in [2.05, 4.69) is 95.2 Å². The minimum absolute atomic E-state index is 0.168. The largest absolute Gasteiger partial charge is 0.486 e. The molecule has 6 rings (SSSR count). The first-order valence-corrected chi connectivity index (χ1v) is 13.9. The van der Waals surface area contributed by atoms with Crippen LogP contribution in [-0.4, -0.2) is 21.3 Å². The summed E-state index contributed by atoms with van der Waals surface area (Å²) in [5.74, 6) is 1.00. The van der Waals surface area contributed by atoms with Crippen molar-refractivity contribution in [3.63, 3.8) is 0 Å². The fourth-order valence-corrected chi connectivity index (χ4v) is 5.11. The number of hydrazone groups is 1. The highest BCUT2D eigenvalue weighted by molar-refractivity contribution is 6.00. The van der Waals surface area contributed by atoms with E-state index in [0.717, 1.165) is 34.4 Å². The monoisotopic (exact) mass is 556 g/mol. The predicted molar refractivity (Wildman–Crippen MR) is 166 cm³/mol. The minimum Gasteiger partial charge on any atom is -0.486 e. The van der Waals surface area contributed by atoms with Crippen LogP contribution in [0.1, 0.15) is 44.4 Å². The maximum absolute atomic E-state index is 12.7. The van der Waals surface area contributed by atoms with Crippen LogP contribution in [0.25, 0.3) is 16.6 Å². The number of hydrogen-bond acceptors (Lipinski definition) is 4. The molecule has 0 unspecified atom stereocenters. The van der Waals surface area contributed by atoms with Crippen molar-refractivity contribution in [2.24, 2.45) is 5.10 Å². The minimum atomic E-state index is -0.428. The van der Waals surface area contributed by atoms with Gasteiger partial charge in [-0.05, 0) is 80.9 Å². The van der Waals surface area contributed by atoms with Gasteiger partial charge < -0.3 is 18.3 Å². The summed E-state index contributed by atoms with van der Waals surface area (Å²) >= 11 is 0. The molecule has 6 aromatic rings. The maximum atomic E-state index is 12.7. The molecule has 210 valence electrons. The zero-order valence-electron chi connectivity index (χ0n) is 23.9. The van der Waals surface area contributed by atoms with Crippen molar-refractivity contribution in [3.05, 3.63) is 143 Å². The van der Waals surface area contributed by atoms with E-state index in [-0.39, 0.29) is 12.4 Å². The highest BCUT2D eigenvalue weighted by Crippen LogP contribution is 2.23. The first-order chi connectivity index (χ1) is 20.4. The third-order valence-electron chi connectivity index (χ3n) is 7.30. The average molecular weight is 557 g/mol. The van der Waals surface area contributed by atoms with E-state index in [0.29, 0.717) is 5.76 Å². The van der Waals surface area contributed by atoms with E-state index in [4.69, 9.17) is 9.15 Å². The number of benzene rings is 3. The lowest BCUT2D eigenvalue weighted by Crippen LogP contribution is -2.16. The van der Waals surface area contributed by atoms with Gasteiger partial charge in [0.05, 0.1) is 6.21 Å². The molecule has 0 aliphatic carbocycles. The second kappa shape index (κ2) is 11.7. The van der Waals surface area contributed by atoms with Gasteiger partial charge in [0.15, 0.2) is 5.76 Å². The Morgan fingerprint density at radius 2 is 1.62 bits per heavy atom. The van der Waals surface area contributed by atoms with Crippen molar-refractivity contribution in [2.45, 2.75) is 33.9 Å². The summed E-state index contributed by atoms with van der Waals surface area (Å²) in [4.78, 5) is 12.7. The quantitative estimate of drug-likeness (QED) is 0.150. The van der Waals surface area contributed by atoms with Crippen LogP contribution in [0, 0.1) is 20.8 Å². The summed E-state index contributed by atoms with van der Waals surface area (Å²) in [5, 5.41) is 5.28. The molecule has 3 aromatic heterocycles. The van der Waals surface area contributed by atoms with Crippen LogP contribution in [-0.2, 0) is 13.2 Å². The molecule has 7 heteroatoms. The Balaban J connectivity index is 1.07. The number of aryl methyl sites for hydroxylation is 3. The molecular formula is C35H32N4O3. The second-order valence-corrected chi connectivity index (χ2v) is 10.4. The third-order valence-corrected chi connectivity index (χ3v) is 7.30. The molecule has 7 nitrogen and oxygen atoms in total. The van der Waals surface area contributed by atoms with Crippen molar-refractivity contribution in [3.8, 4) is 11.4 Å². The van der Waals surface area contributed by atoms with Gasteiger partial charge in [-0.2, -0.15) is 5.10 Å². The Kier molecular flexibility index (Phi) is 7.47. The lowest BCUT2D eigenvalue weighted by molar-refractivity contribution is 0.0923. The molecule has 0 spiro atoms. The summed E-state index contributed by atoms with van der Waals surface area (Å²) in [7, 11) is 0. The molecule has 0 aliphatic heterocycles. The van der Waals surface area contributed by atoms with E-state index in [1.807, 2.05) is 36.4 Å². The summed E-state index contributed by atoms with van der Waals surface area (Å²) in [6.07, 6.45) is 3.72. The number of nitrogens with one attached hydrogen (secondary N) is 1. The number of para-hydroxylation sites is 1. The number of rotatable bonds is 9. The first kappa shape index (κ1) is 26.9. The summed E-state index contributed by atoms with van der Waals surface area (Å²) in [6, 6.07) is 32.1. The van der Waals surface area contributed by atoms with Crippen molar-refractivity contribution >= 4 is 23.0 Å². The second-order valence-electron chi connectivity index (χ2n) is 10.4. The van der Waals surface area contributed by atoms with Crippen molar-refractivity contribution < 1.29 is 13.9 Å². The fraction of sp³-hybridized carbons (Fsp3) is 0.143. The molecule has 0 atom stereocenters. The Morgan fingerprint density at radius 3 is 2.38 bits per heavy atom. The van der Waals surface area contributed by atoms with Gasteiger partial charge in [0.1, 0.15) is 18.1 Å². The predicted octanol–water partition coefficient (Wildman–Crippen LogP) is 7.34. The Hall–Kier alpha value is -5.30. The highest BCUT2D eigenvalue weighted by Gasteiger charge is 2.12. The molecule has 0 aliphatic rings. The van der Waals surface area contributed by atoms with Crippen LogP contribution in [0.4, 0.5) is 0 Å². The summed E-state index contributed by atoms with van der Waals surface area (Å²) in [5.41, 5.74) is 10.5. The van der Waals surface area contributed by atoms with E-state index < -0.39 is 5.91 Å². The van der Waals surface area contributed by atoms with Gasteiger partial charge in [0, 0.05) is 46.3 Å². The van der Waals surface area contributed by atoms with Crippen LogP contribution in [0.2, 0.25) is 0 Å². The molecule has 3 aromatic carbocycles. The van der Waals surface area contributed by atoms with Gasteiger partial charge in [-0.15, -0.1) is 0 Å². The van der Waals surface area contributed by atoms with Gasteiger partial charge in [-0.25, -0.2) is 5.43 Å². The first-order valence-electron chi connectivity index (χ1n) is 13.9. The number of carbonyl (C=O) groups is 1. The standard InChI is InChI=1S/C35H32N4O3/c1-24-8-12-27(13-9-24)21-38-22-28(32-6-4-5-7-33(32)38)20-36-37-35(40)34-19-18-31(42-34)23-41-30-16-14-29(15-17-30)39-25(2)10-11-26(39)3/h4-20,22H,21,23H2,1-3H3,(H,37,40)/b36-20+. The summed E-state index contributed by atoms with van der Waals surface area (Å²) in [6.45, 7) is 7.20. The number of furan rings is 1. The van der Waals surface area contributed by atoms with Gasteiger partial charge in [-0.1, -0.05) is 48.0 Å². The molecule has 0 saturated heterocycles. The van der Waals surface area contributed by atoms with Crippen LogP contribution < -0.4 is 10.2 Å². The number of ether oxygens (including phenoxy) is 1. The Bertz CT molecular complexity index is 1850. The molecule has 42 heavy (non-hydrogen) atoms. The molecule has 0 bridgehead atoms. The van der Waals surface area contributed by atoms with Crippen molar-refractivity contribution in [1.82, 2.24) is 14.6 Å². The summed E-state index contributed by atoms with van der Waals surface area (Å²) < 4.78 is 16.0. The lowest BCUT2D eigenvalue weighted by atomic mass is 10.1. The van der Waals surface area contributed by atoms with E-state index in [1.54, 1.807) is 18.3 Å². The normalized spacial score (nSPS) is 11.4. The van der Waals surface area contributed by atoms with E-state index in [9.17, 15) is 4.79 Å². The van der Waals surface area contributed by atoms with E-state index in [1.165, 1.54) is 22.5 Å². The zero-order valence-corrected chi connectivity index (χ0v) is 23.9. The topological polar surface area (TPSA) is 73.7 Å². The Labute approximate surface area is 244 Å². The number of carbonyl (C=O) groups excluding carboxylic acids is 1. The van der Waals surface area contributed by atoms with Crippen LogP contribution in [0.5, 0.6) is 5.75 Å². The molecule has 1 N–H and O–H groups in total. The molecule has 1 amide bonds. The van der Waals surface area contributed by atoms with Crippen LogP contribution >= 0.6 is 0 Å². The SMILES string of the molecule is Cc1ccc(Cn2cc(/C=N/NC(=O)c3ccc(COc4ccc(-n5c(C)ccc5C)cc4)o3)c3ccccc32)cc1. The smallest absolute Gasteiger partial charge is 0.307 e. The Morgan fingerprint density at radius 1 is 0.881 bits per heavy atom. The van der Waals surface area contributed by atoms with Crippen molar-refractivity contribution in [2.75, 3.05) is 0 Å². The molecule has 3 heterocycles. The molecule has 0 saturated carbocycles. The number of amides is 1. The third kappa shape index (κ3) is 5.76. The van der Waals surface area contributed by atoms with Gasteiger partial charge in [0.25, 0.3) is 0 Å². The number of nitrogens with zero attached hydrogens (tertiary/aromatic N) is 3. The van der Waals surface area contributed by atoms with Crippen LogP contribution in [0.15, 0.2) is 113 Å². The lowest BCUT2D eigenvalue weighted by Gasteiger charge is -2.10. The molecular weight excluding hydrogens is 524 g/mol. The van der Waals surface area contributed by atoms with Crippen LogP contribution in [0.3, 0.4) is 0 Å². The number of hydrogen-bond donors (Lipinski definition) is 1. The van der Waals surface area contributed by atoms with Crippen molar-refractivity contribution in [1.29, 1.82) is 0 Å². The zero-order chi connectivity index (χ0) is 29.1. The highest BCUT2D eigenvalue weighted by atomic mass is 16.5. The maximum Gasteiger partial charge on any atom is 0.307 e. The van der Waals surface area contributed by atoms with E-state index >= 15 is 0 Å². The average Bonchev–Trinajstić information content (AvgIpc) is 3.71. The van der Waals surface area contributed by atoms with Gasteiger partial charge in [0.2, 0.25) is 0 Å². The number of fused-ring (bicyclic) bond motifs is 1. The molecule has 0 radical (unpaired) electrons. The van der Waals surface area contributed by atoms with Gasteiger partial charge in [-0.3, -0.25) is 4.79 Å². The fourth-order valence-electron chi connectivity index (χ4n) is 5.11.